The molecule has 2 aromatic heterocycles. The first kappa shape index (κ1) is 31.7. The lowest BCUT2D eigenvalue weighted by Gasteiger charge is -2.41. The van der Waals surface area contributed by atoms with Crippen LogP contribution in [0.2, 0.25) is 0 Å². The summed E-state index contributed by atoms with van der Waals surface area (Å²) in [4.78, 5) is 4.97. The molecule has 0 saturated carbocycles. The fourth-order valence-electron chi connectivity index (χ4n) is 7.18. The molecule has 0 fully saturated rings. The molecule has 0 bridgehead atoms. The summed E-state index contributed by atoms with van der Waals surface area (Å²) in [7, 11) is 0. The van der Waals surface area contributed by atoms with Gasteiger partial charge in [-0.2, -0.15) is 5.10 Å². The van der Waals surface area contributed by atoms with Gasteiger partial charge in [-0.3, -0.25) is 9.25 Å². The summed E-state index contributed by atoms with van der Waals surface area (Å²) in [6.07, 6.45) is 11.7. The molecule has 4 nitrogen and oxygen atoms in total. The van der Waals surface area contributed by atoms with Crippen LogP contribution in [0, 0.1) is 17.6 Å². The minimum atomic E-state index is -0.707. The Morgan fingerprint density at radius 2 is 1.40 bits per heavy atom. The average molecular weight is 677 g/mol. The number of fused-ring (bicyclic) bond motifs is 1. The third-order valence-electron chi connectivity index (χ3n) is 9.43. The predicted octanol–water partition coefficient (Wildman–Crippen LogP) is 10.9. The minimum Gasteiger partial charge on any atom is -0.287 e. The van der Waals surface area contributed by atoms with Crippen LogP contribution in [0.5, 0.6) is 0 Å². The van der Waals surface area contributed by atoms with Gasteiger partial charge in [0, 0.05) is 28.9 Å². The highest BCUT2D eigenvalue weighted by Gasteiger charge is 2.44. The van der Waals surface area contributed by atoms with Gasteiger partial charge >= 0.3 is 0 Å². The second-order valence-electron chi connectivity index (χ2n) is 12.3. The number of aromatic nitrogens is 4. The third kappa shape index (κ3) is 5.57. The van der Waals surface area contributed by atoms with Gasteiger partial charge in [-0.1, -0.05) is 110 Å². The van der Waals surface area contributed by atoms with Gasteiger partial charge in [0.2, 0.25) is 0 Å². The zero-order valence-corrected chi connectivity index (χ0v) is 28.3. The van der Waals surface area contributed by atoms with Gasteiger partial charge in [0.25, 0.3) is 0 Å². The summed E-state index contributed by atoms with van der Waals surface area (Å²) >= 11 is 1.64. The second-order valence-corrected chi connectivity index (χ2v) is 13.6. The topological polar surface area (TPSA) is 35.6 Å². The Morgan fingerprint density at radius 3 is 2.02 bits per heavy atom. The Labute approximate surface area is 294 Å². The Balaban J connectivity index is 1.41. The number of benzene rings is 5. The molecule has 0 amide bonds. The van der Waals surface area contributed by atoms with Crippen LogP contribution in [0.1, 0.15) is 24.5 Å². The highest BCUT2D eigenvalue weighted by molar-refractivity contribution is 7.99. The SMILES string of the molecule is CCSc1nc2ccc(-c3cn(C(c4ccccc4)(c4ccccc4)C4C=CC=CC4)nc3-c3ccc(F)cc3)cc2n1-c1ccc(F)cc1. The Kier molecular flexibility index (Phi) is 8.51. The molecule has 50 heavy (non-hydrogen) atoms. The summed E-state index contributed by atoms with van der Waals surface area (Å²) in [6, 6.07) is 40.4. The van der Waals surface area contributed by atoms with Crippen LogP contribution in [-0.4, -0.2) is 25.1 Å². The fourth-order valence-corrected chi connectivity index (χ4v) is 7.93. The highest BCUT2D eigenvalue weighted by Crippen LogP contribution is 2.46. The van der Waals surface area contributed by atoms with Crippen LogP contribution in [0.4, 0.5) is 8.78 Å². The van der Waals surface area contributed by atoms with Crippen molar-refractivity contribution in [1.82, 2.24) is 19.3 Å². The van der Waals surface area contributed by atoms with Crippen LogP contribution in [0.15, 0.2) is 163 Å². The van der Waals surface area contributed by atoms with Crippen molar-refractivity contribution in [3.8, 4) is 28.1 Å². The van der Waals surface area contributed by atoms with Crippen molar-refractivity contribution in [1.29, 1.82) is 0 Å². The molecule has 0 aliphatic heterocycles. The molecule has 0 N–H and O–H groups in total. The predicted molar refractivity (Wildman–Crippen MR) is 199 cm³/mol. The summed E-state index contributed by atoms with van der Waals surface area (Å²) < 4.78 is 32.5. The lowest BCUT2D eigenvalue weighted by Crippen LogP contribution is -2.43. The van der Waals surface area contributed by atoms with Gasteiger partial charge in [0.15, 0.2) is 5.16 Å². The first-order valence-corrected chi connectivity index (χ1v) is 17.8. The van der Waals surface area contributed by atoms with Crippen molar-refractivity contribution in [3.05, 3.63) is 181 Å². The number of hydrogen-bond donors (Lipinski definition) is 0. The summed E-state index contributed by atoms with van der Waals surface area (Å²) in [6.45, 7) is 2.09. The van der Waals surface area contributed by atoms with E-state index in [4.69, 9.17) is 10.1 Å². The number of imidazole rings is 1. The molecule has 0 spiro atoms. The van der Waals surface area contributed by atoms with Gasteiger partial charge in [0.05, 0.1) is 11.0 Å². The molecule has 7 aromatic rings. The molecular weight excluding hydrogens is 643 g/mol. The van der Waals surface area contributed by atoms with Gasteiger partial charge < -0.3 is 0 Å². The van der Waals surface area contributed by atoms with Crippen LogP contribution in [-0.2, 0) is 5.54 Å². The molecule has 0 saturated heterocycles. The molecular formula is C43H34F2N4S. The monoisotopic (exact) mass is 676 g/mol. The van der Waals surface area contributed by atoms with Gasteiger partial charge in [0.1, 0.15) is 22.9 Å². The molecule has 0 radical (unpaired) electrons. The van der Waals surface area contributed by atoms with Crippen molar-refractivity contribution < 1.29 is 8.78 Å². The van der Waals surface area contributed by atoms with Crippen LogP contribution in [0.3, 0.4) is 0 Å². The van der Waals surface area contributed by atoms with Gasteiger partial charge in [-0.15, -0.1) is 0 Å². The number of thioether (sulfide) groups is 1. The first-order chi connectivity index (χ1) is 24.6. The average Bonchev–Trinajstić information content (AvgIpc) is 3.76. The van der Waals surface area contributed by atoms with Crippen molar-refractivity contribution in [2.45, 2.75) is 24.0 Å². The molecule has 1 aliphatic rings. The number of allylic oxidation sites excluding steroid dienone is 4. The molecule has 1 aliphatic carbocycles. The van der Waals surface area contributed by atoms with Crippen molar-refractivity contribution in [3.63, 3.8) is 0 Å². The molecule has 5 aromatic carbocycles. The second kappa shape index (κ2) is 13.4. The number of nitrogens with zero attached hydrogens (tertiary/aromatic N) is 4. The molecule has 1 unspecified atom stereocenters. The van der Waals surface area contributed by atoms with E-state index in [0.717, 1.165) is 67.6 Å². The van der Waals surface area contributed by atoms with E-state index in [1.54, 1.807) is 36.0 Å². The standard InChI is InChI=1S/C43H34F2N4S/c1-2-50-42-46-39-27-20-31(28-40(39)49(42)37-25-23-36(45)24-26-37)38-29-48(47-41(38)30-18-21-35(44)22-19-30)43(32-12-6-3-7-13-32,33-14-8-4-9-15-33)34-16-10-5-11-17-34/h3-16,18-29,34H,2,17H2,1H3. The maximum atomic E-state index is 14.3. The highest BCUT2D eigenvalue weighted by atomic mass is 32.2. The Bertz CT molecular complexity index is 2280. The number of hydrogen-bond acceptors (Lipinski definition) is 3. The molecule has 8 rings (SSSR count). The smallest absolute Gasteiger partial charge is 0.173 e. The lowest BCUT2D eigenvalue weighted by atomic mass is 9.70. The fraction of sp³-hybridized carbons (Fsp3) is 0.116. The third-order valence-corrected chi connectivity index (χ3v) is 10.3. The van der Waals surface area contributed by atoms with E-state index in [-0.39, 0.29) is 17.6 Å². The molecule has 2 heterocycles. The number of halogens is 2. The Hall–Kier alpha value is -5.53. The van der Waals surface area contributed by atoms with Gasteiger partial charge in [-0.25, -0.2) is 13.8 Å². The normalized spacial score (nSPS) is 14.4. The van der Waals surface area contributed by atoms with Crippen molar-refractivity contribution in [2.75, 3.05) is 5.75 Å². The van der Waals surface area contributed by atoms with E-state index < -0.39 is 5.54 Å². The zero-order valence-electron chi connectivity index (χ0n) is 27.5. The minimum absolute atomic E-state index is 0.0436. The van der Waals surface area contributed by atoms with Crippen LogP contribution < -0.4 is 0 Å². The summed E-state index contributed by atoms with van der Waals surface area (Å²) in [5.41, 5.74) is 7.49. The lowest BCUT2D eigenvalue weighted by molar-refractivity contribution is 0.293. The first-order valence-electron chi connectivity index (χ1n) is 16.8. The van der Waals surface area contributed by atoms with Gasteiger partial charge in [-0.05, 0) is 89.5 Å². The van der Waals surface area contributed by atoms with Crippen LogP contribution in [0.25, 0.3) is 39.1 Å². The van der Waals surface area contributed by atoms with Crippen LogP contribution >= 0.6 is 11.8 Å². The molecule has 7 heteroatoms. The van der Waals surface area contributed by atoms with E-state index in [1.807, 2.05) is 18.2 Å². The summed E-state index contributed by atoms with van der Waals surface area (Å²) in [5, 5.41) is 6.30. The van der Waals surface area contributed by atoms with E-state index in [9.17, 15) is 8.78 Å². The largest absolute Gasteiger partial charge is 0.287 e. The van der Waals surface area contributed by atoms with E-state index in [0.29, 0.717) is 0 Å². The maximum Gasteiger partial charge on any atom is 0.173 e. The quantitative estimate of drug-likeness (QED) is 0.143. The summed E-state index contributed by atoms with van der Waals surface area (Å²) in [5.74, 6) is 0.290. The van der Waals surface area contributed by atoms with Crippen molar-refractivity contribution >= 4 is 22.8 Å². The van der Waals surface area contributed by atoms with E-state index >= 15 is 0 Å². The molecule has 246 valence electrons. The van der Waals surface area contributed by atoms with E-state index in [2.05, 4.69) is 107 Å². The van der Waals surface area contributed by atoms with E-state index in [1.165, 1.54) is 24.3 Å². The maximum absolute atomic E-state index is 14.3. The van der Waals surface area contributed by atoms with Crippen molar-refractivity contribution in [2.24, 2.45) is 5.92 Å². The molecule has 1 atom stereocenters. The zero-order chi connectivity index (χ0) is 34.1. The Morgan fingerprint density at radius 1 is 0.760 bits per heavy atom. The number of rotatable bonds is 9.